The number of carbonyl (C=O) groups excluding carboxylic acids is 1. The van der Waals surface area contributed by atoms with Crippen LogP contribution in [0.3, 0.4) is 0 Å². The minimum Gasteiger partial charge on any atom is -0.489 e. The SMILES string of the molecule is C[C@@H]1CN(c2ccc(N)cc2OCCn2ccccc2=O)C[C@H](C)N1C(=O)OC(C)(C)C. The van der Waals surface area contributed by atoms with Gasteiger partial charge in [-0.1, -0.05) is 6.07 Å². The van der Waals surface area contributed by atoms with E-state index >= 15 is 0 Å². The molecule has 0 spiro atoms. The van der Waals surface area contributed by atoms with E-state index in [0.29, 0.717) is 37.7 Å². The Morgan fingerprint density at radius 2 is 1.81 bits per heavy atom. The van der Waals surface area contributed by atoms with Crippen LogP contribution in [0.15, 0.2) is 47.4 Å². The van der Waals surface area contributed by atoms with E-state index < -0.39 is 5.60 Å². The van der Waals surface area contributed by atoms with E-state index in [0.717, 1.165) is 5.69 Å². The van der Waals surface area contributed by atoms with Gasteiger partial charge in [0.1, 0.15) is 18.0 Å². The molecular formula is C24H34N4O4. The highest BCUT2D eigenvalue weighted by Gasteiger charge is 2.36. The monoisotopic (exact) mass is 442 g/mol. The van der Waals surface area contributed by atoms with Gasteiger partial charge >= 0.3 is 6.09 Å². The maximum Gasteiger partial charge on any atom is 0.410 e. The predicted molar refractivity (Wildman–Crippen MR) is 126 cm³/mol. The lowest BCUT2D eigenvalue weighted by Gasteiger charge is -2.45. The zero-order valence-corrected chi connectivity index (χ0v) is 19.6. The lowest BCUT2D eigenvalue weighted by atomic mass is 10.1. The van der Waals surface area contributed by atoms with E-state index in [1.807, 2.05) is 52.8 Å². The van der Waals surface area contributed by atoms with E-state index in [9.17, 15) is 9.59 Å². The van der Waals surface area contributed by atoms with Crippen molar-refractivity contribution in [2.24, 2.45) is 0 Å². The Bertz CT molecular complexity index is 986. The van der Waals surface area contributed by atoms with Crippen molar-refractivity contribution in [1.82, 2.24) is 9.47 Å². The van der Waals surface area contributed by atoms with Crippen LogP contribution in [0.1, 0.15) is 34.6 Å². The molecule has 2 atom stereocenters. The van der Waals surface area contributed by atoms with E-state index in [4.69, 9.17) is 15.2 Å². The van der Waals surface area contributed by atoms with Crippen molar-refractivity contribution >= 4 is 17.5 Å². The molecule has 0 aliphatic carbocycles. The summed E-state index contributed by atoms with van der Waals surface area (Å²) in [7, 11) is 0. The summed E-state index contributed by atoms with van der Waals surface area (Å²) in [6.45, 7) is 11.7. The van der Waals surface area contributed by atoms with Crippen LogP contribution in [-0.2, 0) is 11.3 Å². The molecule has 1 aromatic heterocycles. The molecular weight excluding hydrogens is 408 g/mol. The quantitative estimate of drug-likeness (QED) is 0.715. The number of rotatable bonds is 5. The number of carbonyl (C=O) groups is 1. The number of nitrogen functional groups attached to an aromatic ring is 1. The maximum absolute atomic E-state index is 12.7. The highest BCUT2D eigenvalue weighted by Crippen LogP contribution is 2.33. The molecule has 8 nitrogen and oxygen atoms in total. The fourth-order valence-corrected chi connectivity index (χ4v) is 4.00. The molecule has 1 saturated heterocycles. The summed E-state index contributed by atoms with van der Waals surface area (Å²) < 4.78 is 13.3. The van der Waals surface area contributed by atoms with E-state index in [2.05, 4.69) is 4.90 Å². The van der Waals surface area contributed by atoms with Gasteiger partial charge in [-0.2, -0.15) is 0 Å². The Balaban J connectivity index is 1.72. The molecule has 1 amide bonds. The molecule has 0 saturated carbocycles. The van der Waals surface area contributed by atoms with Gasteiger partial charge in [0.2, 0.25) is 0 Å². The molecule has 0 radical (unpaired) electrons. The first-order chi connectivity index (χ1) is 15.0. The van der Waals surface area contributed by atoms with Gasteiger partial charge in [-0.25, -0.2) is 4.79 Å². The fraction of sp³-hybridized carbons (Fsp3) is 0.500. The van der Waals surface area contributed by atoms with Gasteiger partial charge < -0.3 is 24.7 Å². The number of hydrogen-bond acceptors (Lipinski definition) is 6. The van der Waals surface area contributed by atoms with Crippen LogP contribution in [0.5, 0.6) is 5.75 Å². The number of nitrogens with two attached hydrogens (primary N) is 1. The molecule has 1 aliphatic heterocycles. The Hall–Kier alpha value is -3.16. The molecule has 2 N–H and O–H groups in total. The van der Waals surface area contributed by atoms with E-state index in [-0.39, 0.29) is 23.7 Å². The summed E-state index contributed by atoms with van der Waals surface area (Å²) in [4.78, 5) is 28.6. The second-order valence-electron chi connectivity index (χ2n) is 9.30. The van der Waals surface area contributed by atoms with Crippen LogP contribution in [0.25, 0.3) is 0 Å². The standard InChI is InChI=1S/C24H34N4O4/c1-17-15-27(16-18(2)28(17)23(30)32-24(3,4)5)20-10-9-19(25)14-21(20)31-13-12-26-11-7-6-8-22(26)29/h6-11,14,17-18H,12-13,15-16,25H2,1-5H3/t17-,18+. The van der Waals surface area contributed by atoms with Gasteiger partial charge in [-0.3, -0.25) is 9.69 Å². The van der Waals surface area contributed by atoms with Gasteiger partial charge in [0, 0.05) is 37.1 Å². The van der Waals surface area contributed by atoms with Gasteiger partial charge in [-0.15, -0.1) is 0 Å². The summed E-state index contributed by atoms with van der Waals surface area (Å²) in [5, 5.41) is 0. The molecule has 1 fully saturated rings. The van der Waals surface area contributed by atoms with E-state index in [1.165, 1.54) is 6.07 Å². The summed E-state index contributed by atoms with van der Waals surface area (Å²) >= 11 is 0. The second kappa shape index (κ2) is 9.54. The molecule has 2 heterocycles. The summed E-state index contributed by atoms with van der Waals surface area (Å²) in [6, 6.07) is 10.6. The molecule has 3 rings (SSSR count). The normalized spacial score (nSPS) is 19.0. The first kappa shape index (κ1) is 23.5. The largest absolute Gasteiger partial charge is 0.489 e. The number of nitrogens with zero attached hydrogens (tertiary/aromatic N) is 3. The van der Waals surface area contributed by atoms with Crippen molar-refractivity contribution in [2.45, 2.75) is 58.8 Å². The number of piperazine rings is 1. The van der Waals surface area contributed by atoms with Crippen LogP contribution in [-0.4, -0.2) is 52.9 Å². The molecule has 2 aromatic rings. The molecule has 8 heteroatoms. The van der Waals surface area contributed by atoms with Gasteiger partial charge in [0.25, 0.3) is 5.56 Å². The lowest BCUT2D eigenvalue weighted by Crippen LogP contribution is -2.59. The first-order valence-electron chi connectivity index (χ1n) is 11.0. The fourth-order valence-electron chi connectivity index (χ4n) is 4.00. The number of pyridine rings is 1. The van der Waals surface area contributed by atoms with Gasteiger partial charge in [-0.05, 0) is 52.8 Å². The average Bonchev–Trinajstić information content (AvgIpc) is 2.67. The zero-order chi connectivity index (χ0) is 23.5. The highest BCUT2D eigenvalue weighted by atomic mass is 16.6. The first-order valence-corrected chi connectivity index (χ1v) is 11.0. The van der Waals surface area contributed by atoms with Crippen molar-refractivity contribution in [3.63, 3.8) is 0 Å². The van der Waals surface area contributed by atoms with Crippen molar-refractivity contribution in [3.05, 3.63) is 52.9 Å². The summed E-state index contributed by atoms with van der Waals surface area (Å²) in [5.74, 6) is 0.666. The number of ether oxygens (including phenoxy) is 2. The molecule has 1 aromatic carbocycles. The zero-order valence-electron chi connectivity index (χ0n) is 19.6. The summed E-state index contributed by atoms with van der Waals surface area (Å²) in [5.41, 5.74) is 6.94. The Kier molecular flexibility index (Phi) is 7.01. The Labute approximate surface area is 189 Å². The van der Waals surface area contributed by atoms with Crippen LogP contribution in [0.4, 0.5) is 16.2 Å². The maximum atomic E-state index is 12.7. The van der Waals surface area contributed by atoms with Crippen LogP contribution in [0.2, 0.25) is 0 Å². The van der Waals surface area contributed by atoms with Crippen LogP contribution < -0.4 is 20.9 Å². The van der Waals surface area contributed by atoms with Crippen LogP contribution >= 0.6 is 0 Å². The Morgan fingerprint density at radius 3 is 2.44 bits per heavy atom. The minimum absolute atomic E-state index is 0.0399. The lowest BCUT2D eigenvalue weighted by molar-refractivity contribution is 0.00564. The van der Waals surface area contributed by atoms with E-state index in [1.54, 1.807) is 27.8 Å². The number of aromatic nitrogens is 1. The molecule has 1 aliphatic rings. The van der Waals surface area contributed by atoms with Crippen molar-refractivity contribution in [1.29, 1.82) is 0 Å². The predicted octanol–water partition coefficient (Wildman–Crippen LogP) is 3.34. The number of anilines is 2. The van der Waals surface area contributed by atoms with Crippen LogP contribution in [0, 0.1) is 0 Å². The second-order valence-corrected chi connectivity index (χ2v) is 9.30. The van der Waals surface area contributed by atoms with Gasteiger partial charge in [0.15, 0.2) is 0 Å². The molecule has 32 heavy (non-hydrogen) atoms. The molecule has 0 unspecified atom stereocenters. The van der Waals surface area contributed by atoms with Gasteiger partial charge in [0.05, 0.1) is 24.3 Å². The Morgan fingerprint density at radius 1 is 1.12 bits per heavy atom. The topological polar surface area (TPSA) is 90.0 Å². The number of benzene rings is 1. The third-order valence-corrected chi connectivity index (χ3v) is 5.34. The van der Waals surface area contributed by atoms with Crippen molar-refractivity contribution in [3.8, 4) is 5.75 Å². The number of amides is 1. The minimum atomic E-state index is -0.535. The van der Waals surface area contributed by atoms with Crippen molar-refractivity contribution < 1.29 is 14.3 Å². The number of hydrogen-bond donors (Lipinski definition) is 1. The summed E-state index contributed by atoms with van der Waals surface area (Å²) in [6.07, 6.45) is 1.45. The smallest absolute Gasteiger partial charge is 0.410 e. The van der Waals surface area contributed by atoms with Crippen molar-refractivity contribution in [2.75, 3.05) is 30.3 Å². The molecule has 174 valence electrons. The highest BCUT2D eigenvalue weighted by molar-refractivity contribution is 5.70. The third-order valence-electron chi connectivity index (χ3n) is 5.34. The third kappa shape index (κ3) is 5.75. The average molecular weight is 443 g/mol. The molecule has 0 bridgehead atoms.